The van der Waals surface area contributed by atoms with Gasteiger partial charge in [-0.15, -0.1) is 0 Å². The van der Waals surface area contributed by atoms with Crippen molar-refractivity contribution in [2.24, 2.45) is 5.73 Å². The molecule has 0 aliphatic rings. The summed E-state index contributed by atoms with van der Waals surface area (Å²) < 4.78 is 20.2. The Balaban J connectivity index is 3.27. The van der Waals surface area contributed by atoms with Crippen LogP contribution in [0.4, 0.5) is 0 Å². The van der Waals surface area contributed by atoms with Crippen LogP contribution in [0.3, 0.4) is 0 Å². The minimum atomic E-state index is -2.08. The molecule has 0 aliphatic heterocycles. The van der Waals surface area contributed by atoms with Crippen molar-refractivity contribution in [2.45, 2.75) is 31.6 Å². The summed E-state index contributed by atoms with van der Waals surface area (Å²) in [4.78, 5) is 0. The monoisotopic (exact) mass is 150 g/mol. The predicted molar refractivity (Wildman–Crippen MR) is 36.4 cm³/mol. The standard InChI is InChI=1S/C5H13NO2S/c1-2-3-4-5(6)9(7)8/h5H,2-4,6H2,1H3,(H,7,8)/p-1. The Morgan fingerprint density at radius 2 is 2.33 bits per heavy atom. The topological polar surface area (TPSA) is 66.2 Å². The Morgan fingerprint density at radius 3 is 2.67 bits per heavy atom. The van der Waals surface area contributed by atoms with Gasteiger partial charge in [-0.05, 0) is 17.5 Å². The van der Waals surface area contributed by atoms with Crippen molar-refractivity contribution in [1.82, 2.24) is 0 Å². The number of nitrogens with two attached hydrogens (primary N) is 1. The van der Waals surface area contributed by atoms with E-state index in [4.69, 9.17) is 5.73 Å². The lowest BCUT2D eigenvalue weighted by Crippen LogP contribution is -2.24. The predicted octanol–water partition coefficient (Wildman–Crippen LogP) is 0.341. The molecule has 9 heavy (non-hydrogen) atoms. The molecule has 0 fully saturated rings. The Hall–Kier alpha value is 0.0700. The van der Waals surface area contributed by atoms with Crippen LogP contribution in [0, 0.1) is 0 Å². The van der Waals surface area contributed by atoms with E-state index in [0.29, 0.717) is 6.42 Å². The number of hydrogen-bond donors (Lipinski definition) is 1. The minimum absolute atomic E-state index is 0.576. The first-order valence-electron chi connectivity index (χ1n) is 3.02. The first-order chi connectivity index (χ1) is 4.18. The SMILES string of the molecule is CCCCC(N)S(=O)[O-]. The normalized spacial score (nSPS) is 17.2. The summed E-state index contributed by atoms with van der Waals surface area (Å²) >= 11 is -2.08. The van der Waals surface area contributed by atoms with Crippen LogP contribution in [0.25, 0.3) is 0 Å². The smallest absolute Gasteiger partial charge is 0.0676 e. The molecule has 4 heteroatoms. The molecule has 3 nitrogen and oxygen atoms in total. The third-order valence-corrected chi connectivity index (χ3v) is 1.82. The summed E-state index contributed by atoms with van der Waals surface area (Å²) in [5.41, 5.74) is 5.19. The molecular formula is C5H12NO2S-. The van der Waals surface area contributed by atoms with Crippen molar-refractivity contribution >= 4 is 11.1 Å². The van der Waals surface area contributed by atoms with E-state index < -0.39 is 16.5 Å². The molecule has 0 aromatic rings. The Labute approximate surface area is 57.9 Å². The van der Waals surface area contributed by atoms with Crippen LogP contribution < -0.4 is 5.73 Å². The van der Waals surface area contributed by atoms with Crippen molar-refractivity contribution in [3.8, 4) is 0 Å². The molecule has 0 amide bonds. The quantitative estimate of drug-likeness (QED) is 0.588. The van der Waals surface area contributed by atoms with Crippen molar-refractivity contribution < 1.29 is 8.76 Å². The number of rotatable bonds is 4. The molecule has 56 valence electrons. The van der Waals surface area contributed by atoms with Gasteiger partial charge in [0, 0.05) is 0 Å². The highest BCUT2D eigenvalue weighted by atomic mass is 32.2. The minimum Gasteiger partial charge on any atom is -0.771 e. The maximum atomic E-state index is 10.1. The lowest BCUT2D eigenvalue weighted by molar-refractivity contribution is 0.513. The molecule has 0 saturated carbocycles. The molecule has 0 aromatic heterocycles. The van der Waals surface area contributed by atoms with Crippen molar-refractivity contribution in [1.29, 1.82) is 0 Å². The highest BCUT2D eigenvalue weighted by molar-refractivity contribution is 7.79. The number of hydrogen-bond acceptors (Lipinski definition) is 3. The molecule has 0 bridgehead atoms. The summed E-state index contributed by atoms with van der Waals surface area (Å²) in [5, 5.41) is -0.662. The first kappa shape index (κ1) is 9.07. The molecule has 0 aliphatic carbocycles. The molecule has 0 spiro atoms. The zero-order valence-electron chi connectivity index (χ0n) is 5.50. The lowest BCUT2D eigenvalue weighted by atomic mass is 10.2. The largest absolute Gasteiger partial charge is 0.771 e. The molecule has 0 saturated heterocycles. The molecule has 0 rings (SSSR count). The Bertz CT molecular complexity index is 97.0. The lowest BCUT2D eigenvalue weighted by Gasteiger charge is -2.12. The maximum absolute atomic E-state index is 10.1. The van der Waals surface area contributed by atoms with Crippen LogP contribution in [0.5, 0.6) is 0 Å². The number of unbranched alkanes of at least 4 members (excludes halogenated alkanes) is 1. The first-order valence-corrected chi connectivity index (χ1v) is 4.16. The molecule has 0 radical (unpaired) electrons. The van der Waals surface area contributed by atoms with E-state index >= 15 is 0 Å². The van der Waals surface area contributed by atoms with Crippen LogP contribution in [0.15, 0.2) is 0 Å². The van der Waals surface area contributed by atoms with Gasteiger partial charge in [0.15, 0.2) is 0 Å². The van der Waals surface area contributed by atoms with E-state index in [9.17, 15) is 8.76 Å². The zero-order chi connectivity index (χ0) is 7.28. The second kappa shape index (κ2) is 4.90. The van der Waals surface area contributed by atoms with Crippen LogP contribution >= 0.6 is 0 Å². The Morgan fingerprint density at radius 1 is 1.78 bits per heavy atom. The van der Waals surface area contributed by atoms with Gasteiger partial charge in [-0.25, -0.2) is 0 Å². The second-order valence-corrected chi connectivity index (χ2v) is 3.07. The highest BCUT2D eigenvalue weighted by Crippen LogP contribution is 1.99. The summed E-state index contributed by atoms with van der Waals surface area (Å²) in [7, 11) is 0. The molecule has 2 atom stereocenters. The van der Waals surface area contributed by atoms with Gasteiger partial charge in [-0.3, -0.25) is 4.21 Å². The molecule has 0 aromatic carbocycles. The van der Waals surface area contributed by atoms with E-state index in [2.05, 4.69) is 0 Å². The van der Waals surface area contributed by atoms with Crippen molar-refractivity contribution in [3.05, 3.63) is 0 Å². The Kier molecular flexibility index (Phi) is 4.94. The van der Waals surface area contributed by atoms with Gasteiger partial charge < -0.3 is 10.3 Å². The summed E-state index contributed by atoms with van der Waals surface area (Å²) in [5.74, 6) is 0. The zero-order valence-corrected chi connectivity index (χ0v) is 6.32. The van der Waals surface area contributed by atoms with Gasteiger partial charge in [0.05, 0.1) is 5.37 Å². The molecular weight excluding hydrogens is 138 g/mol. The van der Waals surface area contributed by atoms with E-state index in [-0.39, 0.29) is 0 Å². The van der Waals surface area contributed by atoms with Crippen LogP contribution in [0.2, 0.25) is 0 Å². The third kappa shape index (κ3) is 4.57. The highest BCUT2D eigenvalue weighted by Gasteiger charge is 1.98. The van der Waals surface area contributed by atoms with Gasteiger partial charge in [0.1, 0.15) is 0 Å². The fourth-order valence-corrected chi connectivity index (χ4v) is 0.861. The molecule has 2 unspecified atom stereocenters. The van der Waals surface area contributed by atoms with Gasteiger partial charge in [-0.2, -0.15) is 0 Å². The van der Waals surface area contributed by atoms with Gasteiger partial charge >= 0.3 is 0 Å². The van der Waals surface area contributed by atoms with Gasteiger partial charge in [0.25, 0.3) is 0 Å². The van der Waals surface area contributed by atoms with Crippen molar-refractivity contribution in [2.75, 3.05) is 0 Å². The second-order valence-electron chi connectivity index (χ2n) is 1.94. The summed E-state index contributed by atoms with van der Waals surface area (Å²) in [6.07, 6.45) is 2.45. The average Bonchev–Trinajstić information content (AvgIpc) is 1.82. The van der Waals surface area contributed by atoms with E-state index in [1.165, 1.54) is 0 Å². The fourth-order valence-electron chi connectivity index (χ4n) is 0.502. The van der Waals surface area contributed by atoms with Crippen LogP contribution in [0.1, 0.15) is 26.2 Å². The van der Waals surface area contributed by atoms with Crippen LogP contribution in [-0.2, 0) is 11.1 Å². The third-order valence-electron chi connectivity index (χ3n) is 1.09. The van der Waals surface area contributed by atoms with E-state index in [0.717, 1.165) is 12.8 Å². The van der Waals surface area contributed by atoms with Gasteiger partial charge in [0.2, 0.25) is 0 Å². The maximum Gasteiger partial charge on any atom is 0.0676 e. The van der Waals surface area contributed by atoms with E-state index in [1.54, 1.807) is 0 Å². The average molecular weight is 150 g/mol. The van der Waals surface area contributed by atoms with E-state index in [1.807, 2.05) is 6.92 Å². The summed E-state index contributed by atoms with van der Waals surface area (Å²) in [6.45, 7) is 2.00. The molecule has 0 heterocycles. The summed E-state index contributed by atoms with van der Waals surface area (Å²) in [6, 6.07) is 0. The van der Waals surface area contributed by atoms with Gasteiger partial charge in [-0.1, -0.05) is 19.8 Å². The van der Waals surface area contributed by atoms with Crippen LogP contribution in [-0.4, -0.2) is 14.1 Å². The molecule has 2 N–H and O–H groups in total. The van der Waals surface area contributed by atoms with Crippen molar-refractivity contribution in [3.63, 3.8) is 0 Å². The fraction of sp³-hybridized carbons (Fsp3) is 1.00.